The number of nitrogens with zero attached hydrogens (tertiary/aromatic N) is 2. The highest BCUT2D eigenvalue weighted by Crippen LogP contribution is 2.22. The van der Waals surface area contributed by atoms with Crippen molar-refractivity contribution < 1.29 is 14.3 Å². The molecule has 19 heavy (non-hydrogen) atoms. The minimum absolute atomic E-state index is 0.0648. The van der Waals surface area contributed by atoms with Crippen LogP contribution in [-0.2, 0) is 14.3 Å². The predicted molar refractivity (Wildman–Crippen MR) is 71.7 cm³/mol. The van der Waals surface area contributed by atoms with E-state index in [-0.39, 0.29) is 6.29 Å². The molecule has 1 fully saturated rings. The quantitative estimate of drug-likeness (QED) is 0.662. The largest absolute Gasteiger partial charge is 0.356 e. The number of methoxy groups -OCH3 is 2. The van der Waals surface area contributed by atoms with E-state index in [0.29, 0.717) is 5.92 Å². The fraction of sp³-hybridized carbons (Fsp3) is 0.692. The fourth-order valence-corrected chi connectivity index (χ4v) is 1.92. The molecule has 1 saturated heterocycles. The summed E-state index contributed by atoms with van der Waals surface area (Å²) >= 11 is 0. The number of likely N-dealkylation sites (tertiary alicyclic amines) is 1. The topological polar surface area (TPSA) is 67.5 Å². The van der Waals surface area contributed by atoms with Crippen LogP contribution in [0.25, 0.3) is 0 Å². The number of carbonyl (C=O) groups is 1. The van der Waals surface area contributed by atoms with Crippen LogP contribution in [0.1, 0.15) is 31.5 Å². The van der Waals surface area contributed by atoms with Gasteiger partial charge in [0, 0.05) is 45.6 Å². The Kier molecular flexibility index (Phi) is 7.14. The molecule has 6 heteroatoms. The second-order valence-corrected chi connectivity index (χ2v) is 4.45. The average molecular weight is 269 g/mol. The molecule has 1 unspecified atom stereocenters. The normalized spacial score (nSPS) is 18.9. The Labute approximate surface area is 114 Å². The zero-order chi connectivity index (χ0) is 14.1. The van der Waals surface area contributed by atoms with Crippen molar-refractivity contribution in [1.29, 1.82) is 0 Å². The summed E-state index contributed by atoms with van der Waals surface area (Å²) in [5.74, 6) is 1.40. The van der Waals surface area contributed by atoms with Gasteiger partial charge in [0.25, 0.3) is 0 Å². The van der Waals surface area contributed by atoms with Crippen LogP contribution in [-0.4, -0.2) is 54.9 Å². The van der Waals surface area contributed by atoms with Gasteiger partial charge in [0.1, 0.15) is 5.82 Å². The van der Waals surface area contributed by atoms with Crippen molar-refractivity contribution in [2.45, 2.75) is 32.0 Å². The van der Waals surface area contributed by atoms with Crippen LogP contribution >= 0.6 is 0 Å². The molecule has 0 radical (unpaired) electrons. The molecule has 1 N–H and O–H groups in total. The number of nitrogens with one attached hydrogen (secondary N) is 1. The van der Waals surface area contributed by atoms with Gasteiger partial charge in [-0.05, 0) is 19.8 Å². The Hall–Kier alpha value is -1.40. The number of amides is 1. The van der Waals surface area contributed by atoms with Gasteiger partial charge in [-0.25, -0.2) is 4.98 Å². The van der Waals surface area contributed by atoms with Crippen molar-refractivity contribution in [2.75, 3.05) is 27.3 Å². The minimum Gasteiger partial charge on any atom is -0.356 e. The molecule has 1 aliphatic rings. The first-order valence-electron chi connectivity index (χ1n) is 6.45. The second-order valence-electron chi connectivity index (χ2n) is 4.45. The van der Waals surface area contributed by atoms with Crippen molar-refractivity contribution >= 4 is 6.41 Å². The van der Waals surface area contributed by atoms with E-state index in [2.05, 4.69) is 19.4 Å². The van der Waals surface area contributed by atoms with Crippen LogP contribution in [0.5, 0.6) is 0 Å². The van der Waals surface area contributed by atoms with E-state index in [9.17, 15) is 4.79 Å². The molecule has 1 aromatic rings. The lowest BCUT2D eigenvalue weighted by molar-refractivity contribution is -0.119. The monoisotopic (exact) mass is 269 g/mol. The van der Waals surface area contributed by atoms with Gasteiger partial charge in [0.15, 0.2) is 6.29 Å². The van der Waals surface area contributed by atoms with Crippen molar-refractivity contribution in [3.8, 4) is 0 Å². The number of hydrogen-bond acceptors (Lipinski definition) is 4. The number of hydrogen-bond donors (Lipinski definition) is 1. The maximum atomic E-state index is 10.6. The second kappa shape index (κ2) is 8.66. The van der Waals surface area contributed by atoms with E-state index in [1.165, 1.54) is 0 Å². The summed E-state index contributed by atoms with van der Waals surface area (Å²) in [5.41, 5.74) is 0. The Morgan fingerprint density at radius 2 is 2.26 bits per heavy atom. The van der Waals surface area contributed by atoms with Gasteiger partial charge in [-0.2, -0.15) is 0 Å². The summed E-state index contributed by atoms with van der Waals surface area (Å²) in [7, 11) is 3.21. The van der Waals surface area contributed by atoms with Crippen LogP contribution in [0.4, 0.5) is 0 Å². The molecule has 0 saturated carbocycles. The summed E-state index contributed by atoms with van der Waals surface area (Å²) in [6, 6.07) is 0. The summed E-state index contributed by atoms with van der Waals surface area (Å²) in [6.45, 7) is 3.53. The Bertz CT molecular complexity index is 339. The predicted octanol–water partition coefficient (Wildman–Crippen LogP) is 1.37. The van der Waals surface area contributed by atoms with Crippen LogP contribution in [0, 0.1) is 0 Å². The lowest BCUT2D eigenvalue weighted by atomic mass is 9.98. The van der Waals surface area contributed by atoms with Crippen LogP contribution in [0.3, 0.4) is 0 Å². The molecule has 1 aliphatic heterocycles. The van der Waals surface area contributed by atoms with E-state index < -0.39 is 0 Å². The number of ether oxygens (including phenoxy) is 2. The van der Waals surface area contributed by atoms with Gasteiger partial charge in [-0.1, -0.05) is 0 Å². The first-order valence-corrected chi connectivity index (χ1v) is 6.45. The number of imidazole rings is 1. The summed E-state index contributed by atoms with van der Waals surface area (Å²) in [4.78, 5) is 19.7. The number of piperidine rings is 1. The SMILES string of the molecule is COC(C)OC.O=CN1CCCC(c2ncc[nH]2)C1. The smallest absolute Gasteiger partial charge is 0.209 e. The fourth-order valence-electron chi connectivity index (χ4n) is 1.92. The lowest BCUT2D eigenvalue weighted by Crippen LogP contribution is -2.33. The van der Waals surface area contributed by atoms with Crippen LogP contribution in [0.2, 0.25) is 0 Å². The van der Waals surface area contributed by atoms with Gasteiger partial charge in [0.05, 0.1) is 0 Å². The maximum absolute atomic E-state index is 10.6. The molecule has 0 aliphatic carbocycles. The first-order chi connectivity index (χ1) is 9.21. The minimum atomic E-state index is -0.0648. The van der Waals surface area contributed by atoms with Gasteiger partial charge in [-0.15, -0.1) is 0 Å². The van der Waals surface area contributed by atoms with Gasteiger partial charge in [0.2, 0.25) is 6.41 Å². The van der Waals surface area contributed by atoms with E-state index in [0.717, 1.165) is 38.2 Å². The molecule has 0 aromatic carbocycles. The third kappa shape index (κ3) is 5.40. The number of carbonyl (C=O) groups excluding carboxylic acids is 1. The standard InChI is InChI=1S/C9H13N3O.C4H10O2/c13-7-12-5-1-2-8(6-12)9-10-3-4-11-9;1-4(5-2)6-3/h3-4,7-8H,1-2,5-6H2,(H,10,11);4H,1-3H3. The number of rotatable bonds is 4. The summed E-state index contributed by atoms with van der Waals surface area (Å²) < 4.78 is 9.35. The molecule has 108 valence electrons. The van der Waals surface area contributed by atoms with E-state index in [4.69, 9.17) is 0 Å². The Morgan fingerprint density at radius 1 is 1.53 bits per heavy atom. The molecule has 2 rings (SSSR count). The summed E-state index contributed by atoms with van der Waals surface area (Å²) in [6.07, 6.45) is 6.64. The molecule has 0 bridgehead atoms. The highest BCUT2D eigenvalue weighted by molar-refractivity contribution is 5.47. The van der Waals surface area contributed by atoms with Crippen molar-refractivity contribution in [3.63, 3.8) is 0 Å². The lowest BCUT2D eigenvalue weighted by Gasteiger charge is -2.28. The number of aromatic nitrogens is 2. The van der Waals surface area contributed by atoms with Crippen molar-refractivity contribution in [1.82, 2.24) is 14.9 Å². The highest BCUT2D eigenvalue weighted by Gasteiger charge is 2.21. The van der Waals surface area contributed by atoms with Crippen molar-refractivity contribution in [3.05, 3.63) is 18.2 Å². The molecule has 1 amide bonds. The molecule has 2 heterocycles. The maximum Gasteiger partial charge on any atom is 0.209 e. The van der Waals surface area contributed by atoms with Crippen LogP contribution in [0.15, 0.2) is 12.4 Å². The van der Waals surface area contributed by atoms with Crippen LogP contribution < -0.4 is 0 Å². The number of H-pyrrole nitrogens is 1. The molecular weight excluding hydrogens is 246 g/mol. The van der Waals surface area contributed by atoms with Gasteiger partial charge < -0.3 is 19.4 Å². The third-order valence-electron chi connectivity index (χ3n) is 3.17. The zero-order valence-electron chi connectivity index (χ0n) is 11.8. The van der Waals surface area contributed by atoms with E-state index >= 15 is 0 Å². The molecule has 1 aromatic heterocycles. The third-order valence-corrected chi connectivity index (χ3v) is 3.17. The average Bonchev–Trinajstić information content (AvgIpc) is 3.01. The molecule has 0 spiro atoms. The summed E-state index contributed by atoms with van der Waals surface area (Å²) in [5, 5.41) is 0. The zero-order valence-corrected chi connectivity index (χ0v) is 11.8. The molecule has 6 nitrogen and oxygen atoms in total. The molecular formula is C13H23N3O3. The molecule has 1 atom stereocenters. The Morgan fingerprint density at radius 3 is 2.74 bits per heavy atom. The van der Waals surface area contributed by atoms with Gasteiger partial charge >= 0.3 is 0 Å². The first kappa shape index (κ1) is 15.7. The Balaban J connectivity index is 0.000000258. The van der Waals surface area contributed by atoms with E-state index in [1.807, 2.05) is 18.0 Å². The highest BCUT2D eigenvalue weighted by atomic mass is 16.7. The number of aromatic amines is 1. The van der Waals surface area contributed by atoms with Gasteiger partial charge in [-0.3, -0.25) is 4.79 Å². The van der Waals surface area contributed by atoms with Crippen molar-refractivity contribution in [2.24, 2.45) is 0 Å². The van der Waals surface area contributed by atoms with E-state index in [1.54, 1.807) is 20.4 Å².